The van der Waals surface area contributed by atoms with Crippen LogP contribution in [0.15, 0.2) is 83.9 Å². The Bertz CT molecular complexity index is 1530. The van der Waals surface area contributed by atoms with Crippen molar-refractivity contribution in [1.29, 1.82) is 0 Å². The second-order valence-corrected chi connectivity index (χ2v) is 12.6. The van der Waals surface area contributed by atoms with Gasteiger partial charge in [-0.3, -0.25) is 4.90 Å². The molecule has 1 heterocycles. The van der Waals surface area contributed by atoms with Gasteiger partial charge in [-0.05, 0) is 62.7 Å². The van der Waals surface area contributed by atoms with Crippen molar-refractivity contribution in [2.45, 2.75) is 37.8 Å². The number of hydrogen-bond donors (Lipinski definition) is 3. The Kier molecular flexibility index (Phi) is 7.86. The maximum Gasteiger partial charge on any atom is 0.321 e. The lowest BCUT2D eigenvalue weighted by Gasteiger charge is -2.23. The normalized spacial score (nSPS) is 11.8. The minimum atomic E-state index is -3.94. The number of nitrogen functional groups attached to an aromatic ring is 1. The Hall–Kier alpha value is -3.73. The summed E-state index contributed by atoms with van der Waals surface area (Å²) in [5.74, 6) is 0. The highest BCUT2D eigenvalue weighted by atomic mass is 32.2. The molecule has 4 aromatic rings. The van der Waals surface area contributed by atoms with Crippen LogP contribution in [0.4, 0.5) is 16.2 Å². The number of benzene rings is 3. The van der Waals surface area contributed by atoms with Gasteiger partial charge in [-0.15, -0.1) is 11.3 Å². The average Bonchev–Trinajstić information content (AvgIpc) is 3.36. The van der Waals surface area contributed by atoms with E-state index in [0.29, 0.717) is 28.4 Å². The number of aromatic nitrogens is 1. The second kappa shape index (κ2) is 10.9. The maximum absolute atomic E-state index is 13.6. The Morgan fingerprint density at radius 3 is 2.37 bits per heavy atom. The summed E-state index contributed by atoms with van der Waals surface area (Å²) in [5, 5.41) is 3.61. The molecule has 198 valence electrons. The summed E-state index contributed by atoms with van der Waals surface area (Å²) in [4.78, 5) is 19.6. The maximum atomic E-state index is 13.6. The second-order valence-electron chi connectivity index (χ2n) is 9.89. The lowest BCUT2D eigenvalue weighted by atomic mass is 10.1. The smallest absolute Gasteiger partial charge is 0.321 e. The van der Waals surface area contributed by atoms with E-state index in [9.17, 15) is 13.2 Å². The molecule has 0 aliphatic rings. The molecule has 1 aromatic heterocycles. The summed E-state index contributed by atoms with van der Waals surface area (Å²) < 4.78 is 29.8. The van der Waals surface area contributed by atoms with E-state index in [1.54, 1.807) is 58.3 Å². The van der Waals surface area contributed by atoms with Gasteiger partial charge < -0.3 is 11.1 Å². The van der Waals surface area contributed by atoms with Crippen LogP contribution in [0.2, 0.25) is 0 Å². The van der Waals surface area contributed by atoms with Crippen molar-refractivity contribution < 1.29 is 13.2 Å². The molecule has 0 fully saturated rings. The Balaban J connectivity index is 1.69. The van der Waals surface area contributed by atoms with Crippen LogP contribution in [0.5, 0.6) is 0 Å². The molecule has 38 heavy (non-hydrogen) atoms. The molecule has 4 N–H and O–H groups in total. The van der Waals surface area contributed by atoms with Gasteiger partial charge in [0.25, 0.3) is 0 Å². The zero-order valence-electron chi connectivity index (χ0n) is 21.7. The van der Waals surface area contributed by atoms with Crippen LogP contribution in [-0.4, -0.2) is 32.0 Å². The first kappa shape index (κ1) is 27.3. The number of amides is 2. The molecule has 0 atom stereocenters. The lowest BCUT2D eigenvalue weighted by Crippen LogP contribution is -2.41. The monoisotopic (exact) mass is 549 g/mol. The number of anilines is 2. The molecule has 0 saturated carbocycles. The molecule has 0 unspecified atom stereocenters. The van der Waals surface area contributed by atoms with Gasteiger partial charge in [0, 0.05) is 47.8 Å². The number of thiazole rings is 1. The number of urea groups is 1. The third-order valence-corrected chi connectivity index (χ3v) is 8.48. The van der Waals surface area contributed by atoms with E-state index >= 15 is 0 Å². The molecule has 2 amide bonds. The molecule has 0 aliphatic carbocycles. The highest BCUT2D eigenvalue weighted by Crippen LogP contribution is 2.37. The topological polar surface area (TPSA) is 117 Å². The van der Waals surface area contributed by atoms with Crippen LogP contribution < -0.4 is 20.7 Å². The third-order valence-electron chi connectivity index (χ3n) is 5.60. The molecule has 0 aliphatic heterocycles. The van der Waals surface area contributed by atoms with Crippen molar-refractivity contribution in [2.24, 2.45) is 0 Å². The summed E-state index contributed by atoms with van der Waals surface area (Å²) in [6, 6.07) is 21.5. The van der Waals surface area contributed by atoms with Crippen LogP contribution in [0.1, 0.15) is 26.3 Å². The Labute approximate surface area is 227 Å². The SMILES string of the molecule is CN(C(=O)NCc1ccccc1)c1ccc(-c2cnc(-c3ccc(N)cc3)s2)c(S(=O)(=O)NC(C)(C)C)c1. The number of carbonyl (C=O) groups is 1. The minimum Gasteiger partial charge on any atom is -0.399 e. The highest BCUT2D eigenvalue weighted by Gasteiger charge is 2.27. The van der Waals surface area contributed by atoms with E-state index in [2.05, 4.69) is 15.0 Å². The fraction of sp³-hybridized carbons (Fsp3) is 0.214. The van der Waals surface area contributed by atoms with Gasteiger partial charge in [-0.25, -0.2) is 22.9 Å². The first-order valence-corrected chi connectivity index (χ1v) is 14.3. The van der Waals surface area contributed by atoms with Gasteiger partial charge in [-0.1, -0.05) is 36.4 Å². The Morgan fingerprint density at radius 1 is 1.03 bits per heavy atom. The van der Waals surface area contributed by atoms with Crippen LogP contribution >= 0.6 is 11.3 Å². The molecular weight excluding hydrogens is 518 g/mol. The highest BCUT2D eigenvalue weighted by molar-refractivity contribution is 7.89. The van der Waals surface area contributed by atoms with E-state index < -0.39 is 15.6 Å². The van der Waals surface area contributed by atoms with Crippen molar-refractivity contribution in [3.8, 4) is 21.0 Å². The lowest BCUT2D eigenvalue weighted by molar-refractivity contribution is 0.247. The molecule has 0 bridgehead atoms. The van der Waals surface area contributed by atoms with Crippen molar-refractivity contribution in [3.63, 3.8) is 0 Å². The van der Waals surface area contributed by atoms with Crippen LogP contribution in [0.3, 0.4) is 0 Å². The summed E-state index contributed by atoms with van der Waals surface area (Å²) in [6.45, 7) is 5.70. The number of rotatable bonds is 7. The van der Waals surface area contributed by atoms with Gasteiger partial charge in [0.05, 0.1) is 9.77 Å². The van der Waals surface area contributed by atoms with Gasteiger partial charge in [0.1, 0.15) is 5.01 Å². The van der Waals surface area contributed by atoms with Gasteiger partial charge >= 0.3 is 6.03 Å². The summed E-state index contributed by atoms with van der Waals surface area (Å²) in [7, 11) is -2.33. The van der Waals surface area contributed by atoms with Gasteiger partial charge in [-0.2, -0.15) is 0 Å². The molecule has 10 heteroatoms. The third kappa shape index (κ3) is 6.58. The van der Waals surface area contributed by atoms with E-state index in [4.69, 9.17) is 5.73 Å². The molecule has 0 spiro atoms. The van der Waals surface area contributed by atoms with Crippen LogP contribution in [0.25, 0.3) is 21.0 Å². The quantitative estimate of drug-likeness (QED) is 0.264. The van der Waals surface area contributed by atoms with Crippen molar-refractivity contribution in [2.75, 3.05) is 17.7 Å². The van der Waals surface area contributed by atoms with E-state index in [-0.39, 0.29) is 10.9 Å². The predicted molar refractivity (Wildman–Crippen MR) is 155 cm³/mol. The van der Waals surface area contributed by atoms with E-state index in [0.717, 1.165) is 16.1 Å². The van der Waals surface area contributed by atoms with Crippen molar-refractivity contribution in [1.82, 2.24) is 15.0 Å². The molecule has 4 rings (SSSR count). The summed E-state index contributed by atoms with van der Waals surface area (Å²) in [5.41, 5.74) is 8.55. The standard InChI is InChI=1S/C28H31N5O3S2/c1-28(2,3)32-38(35,36)25-16-22(33(4)27(34)31-17-19-8-6-5-7-9-19)14-15-23(25)24-18-30-26(37-24)20-10-12-21(29)13-11-20/h5-16,18,32H,17,29H2,1-4H3,(H,31,34). The van der Waals surface area contributed by atoms with Crippen molar-refractivity contribution in [3.05, 3.63) is 84.6 Å². The zero-order valence-corrected chi connectivity index (χ0v) is 23.4. The molecular formula is C28H31N5O3S2. The van der Waals surface area contributed by atoms with E-state index in [1.807, 2.05) is 42.5 Å². The molecule has 8 nitrogen and oxygen atoms in total. The van der Waals surface area contributed by atoms with Crippen molar-refractivity contribution >= 4 is 38.8 Å². The average molecular weight is 550 g/mol. The first-order chi connectivity index (χ1) is 17.9. The predicted octanol–water partition coefficient (Wildman–Crippen LogP) is 5.48. The van der Waals surface area contributed by atoms with Crippen LogP contribution in [0, 0.1) is 0 Å². The number of carbonyl (C=O) groups excluding carboxylic acids is 1. The first-order valence-electron chi connectivity index (χ1n) is 12.0. The minimum absolute atomic E-state index is 0.0696. The zero-order chi connectivity index (χ0) is 27.5. The number of nitrogens with one attached hydrogen (secondary N) is 2. The summed E-state index contributed by atoms with van der Waals surface area (Å²) in [6.07, 6.45) is 1.66. The van der Waals surface area contributed by atoms with Crippen LogP contribution in [-0.2, 0) is 16.6 Å². The van der Waals surface area contributed by atoms with Gasteiger partial charge in [0.2, 0.25) is 10.0 Å². The number of nitrogens with zero attached hydrogens (tertiary/aromatic N) is 2. The molecule has 0 saturated heterocycles. The van der Waals surface area contributed by atoms with E-state index in [1.165, 1.54) is 22.3 Å². The number of sulfonamides is 1. The molecule has 0 radical (unpaired) electrons. The number of nitrogens with two attached hydrogens (primary N) is 1. The Morgan fingerprint density at radius 2 is 1.71 bits per heavy atom. The fourth-order valence-electron chi connectivity index (χ4n) is 3.77. The van der Waals surface area contributed by atoms with Gasteiger partial charge in [0.15, 0.2) is 0 Å². The fourth-order valence-corrected chi connectivity index (χ4v) is 6.46. The summed E-state index contributed by atoms with van der Waals surface area (Å²) >= 11 is 1.38. The number of hydrogen-bond acceptors (Lipinski definition) is 6. The largest absolute Gasteiger partial charge is 0.399 e. The molecule has 3 aromatic carbocycles.